The fourth-order valence-electron chi connectivity index (χ4n) is 2.66. The molecule has 0 aromatic heterocycles. The van der Waals surface area contributed by atoms with E-state index in [0.29, 0.717) is 5.57 Å². The lowest BCUT2D eigenvalue weighted by atomic mass is 10.1. The summed E-state index contributed by atoms with van der Waals surface area (Å²) in [5.41, 5.74) is 2.58. The predicted octanol–water partition coefficient (Wildman–Crippen LogP) is 4.58. The lowest BCUT2D eigenvalue weighted by Gasteiger charge is -2.23. The number of benzene rings is 2. The van der Waals surface area contributed by atoms with Gasteiger partial charge in [-0.1, -0.05) is 64.0 Å². The molecule has 0 saturated heterocycles. The molecule has 29 heavy (non-hydrogen) atoms. The Kier molecular flexibility index (Phi) is 7.96. The second kappa shape index (κ2) is 10.0. The lowest BCUT2D eigenvalue weighted by Crippen LogP contribution is -2.35. The Labute approximate surface area is 180 Å². The average molecular weight is 478 g/mol. The zero-order chi connectivity index (χ0) is 21.6. The van der Waals surface area contributed by atoms with Gasteiger partial charge in [0.15, 0.2) is 0 Å². The Morgan fingerprint density at radius 1 is 1.14 bits per heavy atom. The first-order valence-corrected chi connectivity index (χ1v) is 11.1. The van der Waals surface area contributed by atoms with Gasteiger partial charge in [-0.25, -0.2) is 13.2 Å². The van der Waals surface area contributed by atoms with Gasteiger partial charge in [-0.2, -0.15) is 4.31 Å². The molecule has 2 aromatic carbocycles. The van der Waals surface area contributed by atoms with Gasteiger partial charge in [-0.15, -0.1) is 0 Å². The number of carbonyl (C=O) groups excluding carboxylic acids is 1. The van der Waals surface area contributed by atoms with Crippen molar-refractivity contribution in [2.24, 2.45) is 0 Å². The third-order valence-electron chi connectivity index (χ3n) is 4.13. The van der Waals surface area contributed by atoms with E-state index in [1.165, 1.54) is 11.4 Å². The van der Waals surface area contributed by atoms with Gasteiger partial charge in [0.25, 0.3) is 0 Å². The molecule has 0 spiro atoms. The predicted molar refractivity (Wildman–Crippen MR) is 119 cm³/mol. The minimum absolute atomic E-state index is 0.0838. The van der Waals surface area contributed by atoms with Crippen molar-refractivity contribution in [3.63, 3.8) is 0 Å². The molecule has 0 aliphatic rings. The van der Waals surface area contributed by atoms with Crippen LogP contribution in [-0.2, 0) is 19.6 Å². The monoisotopic (exact) mass is 477 g/mol. The molecule has 154 valence electrons. The Bertz CT molecular complexity index is 1030. The summed E-state index contributed by atoms with van der Waals surface area (Å²) in [7, 11) is -2.57. The maximum absolute atomic E-state index is 13.2. The van der Waals surface area contributed by atoms with E-state index in [-0.39, 0.29) is 23.6 Å². The number of hydrogen-bond donors (Lipinski definition) is 0. The highest BCUT2D eigenvalue weighted by Gasteiger charge is 2.27. The van der Waals surface area contributed by atoms with Gasteiger partial charge in [0, 0.05) is 17.6 Å². The molecule has 2 aromatic rings. The third-order valence-corrected chi connectivity index (χ3v) is 6.66. The molecule has 0 aliphatic heterocycles. The van der Waals surface area contributed by atoms with Crippen LogP contribution in [0, 0.1) is 6.92 Å². The Hall–Kier alpha value is -2.22. The van der Waals surface area contributed by atoms with E-state index in [1.54, 1.807) is 37.3 Å². The largest absolute Gasteiger partial charge is 0.466 e. The Morgan fingerprint density at radius 3 is 2.31 bits per heavy atom. The zero-order valence-corrected chi connectivity index (χ0v) is 19.1. The van der Waals surface area contributed by atoms with E-state index in [4.69, 9.17) is 4.74 Å². The maximum atomic E-state index is 13.2. The van der Waals surface area contributed by atoms with Crippen LogP contribution >= 0.6 is 15.9 Å². The van der Waals surface area contributed by atoms with Crippen molar-refractivity contribution in [1.29, 1.82) is 0 Å². The van der Waals surface area contributed by atoms with E-state index >= 15 is 0 Å². The van der Waals surface area contributed by atoms with Crippen LogP contribution in [-0.4, -0.2) is 38.9 Å². The van der Waals surface area contributed by atoms with Gasteiger partial charge >= 0.3 is 5.97 Å². The normalized spacial score (nSPS) is 12.1. The van der Waals surface area contributed by atoms with E-state index in [2.05, 4.69) is 22.5 Å². The van der Waals surface area contributed by atoms with Crippen LogP contribution in [0.5, 0.6) is 0 Å². The molecule has 0 atom stereocenters. The number of ether oxygens (including phenoxy) is 1. The van der Waals surface area contributed by atoms with Gasteiger partial charge < -0.3 is 4.74 Å². The van der Waals surface area contributed by atoms with Crippen molar-refractivity contribution in [1.82, 2.24) is 4.31 Å². The molecular weight excluding hydrogens is 454 g/mol. The standard InChI is InChI=1S/C22H24BrNO4S/c1-16(2)14-24(29(26,27)20-11-9-17(3)10-12-20)15-19(22(25)28-4)13-18-7-5-6-8-21(18)23/h5-13H,1,14-15H2,2-4H3/b19-13+. The SMILES string of the molecule is C=C(C)CN(C/C(=C\c1ccccc1Br)C(=O)OC)S(=O)(=O)c1ccc(C)cc1. The average Bonchev–Trinajstić information content (AvgIpc) is 2.67. The van der Waals surface area contributed by atoms with Crippen LogP contribution < -0.4 is 0 Å². The molecular formula is C22H24BrNO4S. The highest BCUT2D eigenvalue weighted by atomic mass is 79.9. The smallest absolute Gasteiger partial charge is 0.335 e. The number of carbonyl (C=O) groups is 1. The molecule has 0 radical (unpaired) electrons. The fourth-order valence-corrected chi connectivity index (χ4v) is 4.53. The van der Waals surface area contributed by atoms with Crippen LogP contribution in [0.3, 0.4) is 0 Å². The number of methoxy groups -OCH3 is 1. The first-order valence-electron chi connectivity index (χ1n) is 8.89. The van der Waals surface area contributed by atoms with Crippen molar-refractivity contribution in [2.75, 3.05) is 20.2 Å². The van der Waals surface area contributed by atoms with Gasteiger partial charge in [-0.3, -0.25) is 0 Å². The molecule has 0 saturated carbocycles. The molecule has 0 aliphatic carbocycles. The number of rotatable bonds is 8. The lowest BCUT2D eigenvalue weighted by molar-refractivity contribution is -0.136. The molecule has 0 amide bonds. The number of halogens is 1. The van der Waals surface area contributed by atoms with E-state index < -0.39 is 16.0 Å². The summed E-state index contributed by atoms with van der Waals surface area (Å²) in [5.74, 6) is -0.591. The van der Waals surface area contributed by atoms with Gasteiger partial charge in [0.05, 0.1) is 17.6 Å². The number of aryl methyl sites for hydroxylation is 1. The van der Waals surface area contributed by atoms with Gasteiger partial charge in [0.1, 0.15) is 0 Å². The first-order chi connectivity index (χ1) is 13.6. The second-order valence-electron chi connectivity index (χ2n) is 6.73. The molecule has 0 bridgehead atoms. The molecule has 2 rings (SSSR count). The summed E-state index contributed by atoms with van der Waals surface area (Å²) >= 11 is 3.44. The highest BCUT2D eigenvalue weighted by molar-refractivity contribution is 9.10. The molecule has 0 fully saturated rings. The molecule has 5 nitrogen and oxygen atoms in total. The minimum Gasteiger partial charge on any atom is -0.466 e. The van der Waals surface area contributed by atoms with E-state index in [0.717, 1.165) is 15.6 Å². The number of esters is 1. The summed E-state index contributed by atoms with van der Waals surface area (Å²) in [6, 6.07) is 14.0. The first kappa shape index (κ1) is 23.1. The summed E-state index contributed by atoms with van der Waals surface area (Å²) < 4.78 is 33.4. The summed E-state index contributed by atoms with van der Waals surface area (Å²) in [4.78, 5) is 12.6. The molecule has 0 heterocycles. The van der Waals surface area contributed by atoms with Crippen molar-refractivity contribution in [2.45, 2.75) is 18.7 Å². The molecule has 0 unspecified atom stereocenters. The fraction of sp³-hybridized carbons (Fsp3) is 0.227. The van der Waals surface area contributed by atoms with Crippen molar-refractivity contribution in [3.05, 3.63) is 81.9 Å². The van der Waals surface area contributed by atoms with Crippen molar-refractivity contribution < 1.29 is 17.9 Å². The topological polar surface area (TPSA) is 63.7 Å². The Balaban J connectivity index is 2.49. The molecule has 0 N–H and O–H groups in total. The van der Waals surface area contributed by atoms with E-state index in [9.17, 15) is 13.2 Å². The van der Waals surface area contributed by atoms with Crippen LogP contribution in [0.2, 0.25) is 0 Å². The van der Waals surface area contributed by atoms with E-state index in [1.807, 2.05) is 31.2 Å². The van der Waals surface area contributed by atoms with Crippen LogP contribution in [0.25, 0.3) is 6.08 Å². The number of nitrogens with zero attached hydrogens (tertiary/aromatic N) is 1. The summed E-state index contributed by atoms with van der Waals surface area (Å²) in [5, 5.41) is 0. The zero-order valence-electron chi connectivity index (χ0n) is 16.7. The van der Waals surface area contributed by atoms with Crippen molar-refractivity contribution in [3.8, 4) is 0 Å². The van der Waals surface area contributed by atoms with Gasteiger partial charge in [-0.05, 0) is 43.7 Å². The summed E-state index contributed by atoms with van der Waals surface area (Å²) in [6.07, 6.45) is 1.63. The minimum atomic E-state index is -3.84. The Morgan fingerprint density at radius 2 is 1.76 bits per heavy atom. The highest BCUT2D eigenvalue weighted by Crippen LogP contribution is 2.23. The number of hydrogen-bond acceptors (Lipinski definition) is 4. The number of sulfonamides is 1. The van der Waals surface area contributed by atoms with Crippen LogP contribution in [0.1, 0.15) is 18.1 Å². The van der Waals surface area contributed by atoms with Crippen LogP contribution in [0.15, 0.2) is 75.6 Å². The molecule has 7 heteroatoms. The third kappa shape index (κ3) is 6.13. The summed E-state index contributed by atoms with van der Waals surface area (Å²) in [6.45, 7) is 7.41. The van der Waals surface area contributed by atoms with Gasteiger partial charge in [0.2, 0.25) is 10.0 Å². The maximum Gasteiger partial charge on any atom is 0.335 e. The van der Waals surface area contributed by atoms with Crippen LogP contribution in [0.4, 0.5) is 0 Å². The van der Waals surface area contributed by atoms with Crippen molar-refractivity contribution >= 4 is 38.0 Å². The quantitative estimate of drug-likeness (QED) is 0.317. The second-order valence-corrected chi connectivity index (χ2v) is 9.52.